The first-order valence-electron chi connectivity index (χ1n) is 4.49. The molecule has 0 aliphatic heterocycles. The molecule has 80 valence electrons. The first-order chi connectivity index (χ1) is 7.79. The van der Waals surface area contributed by atoms with Gasteiger partial charge >= 0.3 is 0 Å². The number of thiazole rings is 1. The zero-order valence-corrected chi connectivity index (χ0v) is 9.76. The molecule has 0 unspecified atom stereocenters. The number of hydrogen-bond acceptors (Lipinski definition) is 4. The number of nitriles is 1. The van der Waals surface area contributed by atoms with E-state index in [1.54, 1.807) is 23.7 Å². The topological polar surface area (TPSA) is 45.9 Å². The molecule has 2 rings (SSSR count). The first kappa shape index (κ1) is 10.9. The summed E-state index contributed by atoms with van der Waals surface area (Å²) in [6.45, 7) is 0.346. The molecule has 0 radical (unpaired) electrons. The van der Waals surface area contributed by atoms with Gasteiger partial charge in [-0.15, -0.1) is 11.3 Å². The highest BCUT2D eigenvalue weighted by atomic mass is 35.5. The Balaban J connectivity index is 2.15. The Hall–Kier alpha value is -1.57. The lowest BCUT2D eigenvalue weighted by Gasteiger charge is -2.06. The fourth-order valence-electron chi connectivity index (χ4n) is 1.17. The average molecular weight is 251 g/mol. The van der Waals surface area contributed by atoms with Gasteiger partial charge in [-0.25, -0.2) is 4.98 Å². The van der Waals surface area contributed by atoms with E-state index in [-0.39, 0.29) is 0 Å². The number of hydrogen-bond donors (Lipinski definition) is 0. The van der Waals surface area contributed by atoms with E-state index >= 15 is 0 Å². The Morgan fingerprint density at radius 3 is 3.06 bits per heavy atom. The maximum Gasteiger partial charge on any atom is 0.139 e. The van der Waals surface area contributed by atoms with Crippen molar-refractivity contribution in [2.45, 2.75) is 6.61 Å². The molecule has 0 bridgehead atoms. The number of aromatic nitrogens is 1. The standard InChI is InChI=1S/C11H7ClN2OS/c12-9-2-1-8(4-13)11(3-9)15-5-10-6-16-7-14-10/h1-3,6-7H,5H2. The molecule has 1 heterocycles. The van der Waals surface area contributed by atoms with Gasteiger partial charge in [-0.1, -0.05) is 11.6 Å². The van der Waals surface area contributed by atoms with Gasteiger partial charge in [0.1, 0.15) is 18.4 Å². The van der Waals surface area contributed by atoms with Crippen LogP contribution in [-0.4, -0.2) is 4.98 Å². The zero-order chi connectivity index (χ0) is 11.4. The van der Waals surface area contributed by atoms with Crippen LogP contribution in [0.4, 0.5) is 0 Å². The lowest BCUT2D eigenvalue weighted by Crippen LogP contribution is -1.97. The monoisotopic (exact) mass is 250 g/mol. The molecule has 0 amide bonds. The van der Waals surface area contributed by atoms with Gasteiger partial charge in [-0.05, 0) is 12.1 Å². The van der Waals surface area contributed by atoms with Crippen LogP contribution in [0.3, 0.4) is 0 Å². The molecule has 0 saturated carbocycles. The van der Waals surface area contributed by atoms with Gasteiger partial charge in [0, 0.05) is 16.5 Å². The summed E-state index contributed by atoms with van der Waals surface area (Å²) in [5, 5.41) is 11.3. The molecule has 0 atom stereocenters. The van der Waals surface area contributed by atoms with Gasteiger partial charge in [0.2, 0.25) is 0 Å². The van der Waals surface area contributed by atoms with E-state index in [0.29, 0.717) is 22.9 Å². The van der Waals surface area contributed by atoms with Crippen molar-refractivity contribution < 1.29 is 4.74 Å². The van der Waals surface area contributed by atoms with Gasteiger partial charge in [-0.2, -0.15) is 5.26 Å². The van der Waals surface area contributed by atoms with Crippen LogP contribution in [0.2, 0.25) is 5.02 Å². The summed E-state index contributed by atoms with van der Waals surface area (Å²) >= 11 is 7.34. The van der Waals surface area contributed by atoms with Crippen molar-refractivity contribution in [1.82, 2.24) is 4.98 Å². The molecule has 2 aromatic rings. The van der Waals surface area contributed by atoms with E-state index in [2.05, 4.69) is 11.1 Å². The van der Waals surface area contributed by atoms with E-state index in [1.165, 1.54) is 11.3 Å². The van der Waals surface area contributed by atoms with Crippen LogP contribution in [0.25, 0.3) is 0 Å². The van der Waals surface area contributed by atoms with Crippen molar-refractivity contribution in [2.75, 3.05) is 0 Å². The van der Waals surface area contributed by atoms with E-state index in [4.69, 9.17) is 21.6 Å². The summed E-state index contributed by atoms with van der Waals surface area (Å²) in [5.74, 6) is 0.489. The van der Waals surface area contributed by atoms with Crippen LogP contribution in [0, 0.1) is 11.3 Å². The number of rotatable bonds is 3. The smallest absolute Gasteiger partial charge is 0.139 e. The maximum absolute atomic E-state index is 8.88. The van der Waals surface area contributed by atoms with Crippen LogP contribution in [0.1, 0.15) is 11.3 Å². The molecule has 0 saturated heterocycles. The SMILES string of the molecule is N#Cc1ccc(Cl)cc1OCc1cscn1. The van der Waals surface area contributed by atoms with Crippen molar-refractivity contribution in [3.63, 3.8) is 0 Å². The summed E-state index contributed by atoms with van der Waals surface area (Å²) in [4.78, 5) is 4.09. The van der Waals surface area contributed by atoms with Crippen molar-refractivity contribution in [2.24, 2.45) is 0 Å². The van der Waals surface area contributed by atoms with Gasteiger partial charge in [0.25, 0.3) is 0 Å². The van der Waals surface area contributed by atoms with Crippen LogP contribution >= 0.6 is 22.9 Å². The first-order valence-corrected chi connectivity index (χ1v) is 5.81. The van der Waals surface area contributed by atoms with Crippen molar-refractivity contribution >= 4 is 22.9 Å². The molecular formula is C11H7ClN2OS. The van der Waals surface area contributed by atoms with Gasteiger partial charge in [-0.3, -0.25) is 0 Å². The lowest BCUT2D eigenvalue weighted by atomic mass is 10.2. The molecule has 1 aromatic heterocycles. The lowest BCUT2D eigenvalue weighted by molar-refractivity contribution is 0.301. The zero-order valence-electron chi connectivity index (χ0n) is 8.18. The third-order valence-electron chi connectivity index (χ3n) is 1.92. The second kappa shape index (κ2) is 4.97. The highest BCUT2D eigenvalue weighted by Crippen LogP contribution is 2.23. The number of halogens is 1. The average Bonchev–Trinajstić information content (AvgIpc) is 2.79. The van der Waals surface area contributed by atoms with Crippen LogP contribution in [0.5, 0.6) is 5.75 Å². The Morgan fingerprint density at radius 2 is 2.38 bits per heavy atom. The summed E-state index contributed by atoms with van der Waals surface area (Å²) in [5.41, 5.74) is 3.05. The van der Waals surface area contributed by atoms with E-state index in [9.17, 15) is 0 Å². The molecule has 0 spiro atoms. The highest BCUT2D eigenvalue weighted by molar-refractivity contribution is 7.07. The summed E-state index contributed by atoms with van der Waals surface area (Å²) in [7, 11) is 0. The normalized spacial score (nSPS) is 9.75. The molecule has 0 aliphatic carbocycles. The highest BCUT2D eigenvalue weighted by Gasteiger charge is 2.05. The summed E-state index contributed by atoms with van der Waals surface area (Å²) in [6, 6.07) is 6.98. The molecule has 1 aromatic carbocycles. The Labute approximate surface area is 102 Å². The van der Waals surface area contributed by atoms with Gasteiger partial charge < -0.3 is 4.74 Å². The van der Waals surface area contributed by atoms with E-state index in [0.717, 1.165) is 5.69 Å². The largest absolute Gasteiger partial charge is 0.486 e. The van der Waals surface area contributed by atoms with Crippen LogP contribution < -0.4 is 4.74 Å². The van der Waals surface area contributed by atoms with Crippen LogP contribution in [-0.2, 0) is 6.61 Å². The number of ether oxygens (including phenoxy) is 1. The summed E-state index contributed by atoms with van der Waals surface area (Å²) in [6.07, 6.45) is 0. The predicted molar refractivity (Wildman–Crippen MR) is 62.6 cm³/mol. The van der Waals surface area contributed by atoms with Crippen molar-refractivity contribution in [3.8, 4) is 11.8 Å². The molecule has 5 heteroatoms. The third-order valence-corrected chi connectivity index (χ3v) is 2.79. The minimum absolute atomic E-state index is 0.346. The second-order valence-electron chi connectivity index (χ2n) is 3.02. The molecule has 3 nitrogen and oxygen atoms in total. The molecular weight excluding hydrogens is 244 g/mol. The van der Waals surface area contributed by atoms with E-state index in [1.807, 2.05) is 5.38 Å². The van der Waals surface area contributed by atoms with Gasteiger partial charge in [0.05, 0.1) is 16.8 Å². The summed E-state index contributed by atoms with van der Waals surface area (Å²) < 4.78 is 5.49. The fraction of sp³-hybridized carbons (Fsp3) is 0.0909. The molecule has 0 aliphatic rings. The maximum atomic E-state index is 8.88. The van der Waals surface area contributed by atoms with E-state index < -0.39 is 0 Å². The third kappa shape index (κ3) is 2.51. The molecule has 0 N–H and O–H groups in total. The Morgan fingerprint density at radius 1 is 1.50 bits per heavy atom. The minimum atomic E-state index is 0.346. The Kier molecular flexibility index (Phi) is 3.40. The molecule has 0 fully saturated rings. The molecule has 16 heavy (non-hydrogen) atoms. The number of benzene rings is 1. The Bertz CT molecular complexity index is 519. The van der Waals surface area contributed by atoms with Crippen molar-refractivity contribution in [1.29, 1.82) is 5.26 Å². The number of nitrogens with zero attached hydrogens (tertiary/aromatic N) is 2. The van der Waals surface area contributed by atoms with Crippen LogP contribution in [0.15, 0.2) is 29.1 Å². The fourth-order valence-corrected chi connectivity index (χ4v) is 1.87. The minimum Gasteiger partial charge on any atom is -0.486 e. The second-order valence-corrected chi connectivity index (χ2v) is 4.18. The van der Waals surface area contributed by atoms with Crippen molar-refractivity contribution in [3.05, 3.63) is 45.4 Å². The quantitative estimate of drug-likeness (QED) is 0.840. The van der Waals surface area contributed by atoms with Gasteiger partial charge in [0.15, 0.2) is 0 Å². The predicted octanol–water partition coefficient (Wildman–Crippen LogP) is 3.25.